The van der Waals surface area contributed by atoms with Gasteiger partial charge in [-0.1, -0.05) is 72.6 Å². The first-order chi connectivity index (χ1) is 17.6. The maximum absolute atomic E-state index is 13.9. The van der Waals surface area contributed by atoms with Crippen LogP contribution in [0.2, 0.25) is 0 Å². The van der Waals surface area contributed by atoms with Crippen LogP contribution in [0.25, 0.3) is 0 Å². The van der Waals surface area contributed by atoms with Gasteiger partial charge >= 0.3 is 0 Å². The van der Waals surface area contributed by atoms with Crippen LogP contribution in [0, 0.1) is 20.8 Å². The number of likely N-dealkylation sites (N-methyl/N-ethyl adjacent to an activating group) is 1. The zero-order valence-electron chi connectivity index (χ0n) is 22.1. The SMILES string of the molecule is CC[C@@H](C(=O)NC)N(Cc1ccc(C)cc1)C(=O)CN(c1ccc(C)cc1C)S(=O)(=O)c1ccccc1. The van der Waals surface area contributed by atoms with Gasteiger partial charge in [0.2, 0.25) is 11.8 Å². The first-order valence-electron chi connectivity index (χ1n) is 12.3. The van der Waals surface area contributed by atoms with Crippen molar-refractivity contribution >= 4 is 27.5 Å². The standard InChI is InChI=1S/C29H35N3O4S/c1-6-26(29(34)30-5)31(19-24-15-12-21(2)13-16-24)28(33)20-32(27-17-14-22(3)18-23(27)4)37(35,36)25-10-8-7-9-11-25/h7-18,26H,6,19-20H2,1-5H3,(H,30,34)/t26-/m0/s1. The summed E-state index contributed by atoms with van der Waals surface area (Å²) in [6.07, 6.45) is 0.381. The fourth-order valence-electron chi connectivity index (χ4n) is 4.29. The number of hydrogen-bond acceptors (Lipinski definition) is 4. The molecule has 1 N–H and O–H groups in total. The Morgan fingerprint density at radius 2 is 1.51 bits per heavy atom. The second-order valence-electron chi connectivity index (χ2n) is 9.16. The quantitative estimate of drug-likeness (QED) is 0.430. The smallest absolute Gasteiger partial charge is 0.264 e. The number of nitrogens with one attached hydrogen (secondary N) is 1. The van der Waals surface area contributed by atoms with Gasteiger partial charge in [-0.25, -0.2) is 8.42 Å². The summed E-state index contributed by atoms with van der Waals surface area (Å²) in [6, 6.07) is 20.5. The summed E-state index contributed by atoms with van der Waals surface area (Å²) >= 11 is 0. The van der Waals surface area contributed by atoms with Crippen LogP contribution in [-0.4, -0.2) is 44.8 Å². The van der Waals surface area contributed by atoms with Gasteiger partial charge in [0, 0.05) is 13.6 Å². The lowest BCUT2D eigenvalue weighted by Crippen LogP contribution is -2.51. The number of hydrogen-bond donors (Lipinski definition) is 1. The van der Waals surface area contributed by atoms with Gasteiger partial charge in [-0.3, -0.25) is 13.9 Å². The molecule has 0 aliphatic heterocycles. The molecule has 0 bridgehead atoms. The molecule has 3 aromatic carbocycles. The molecular weight excluding hydrogens is 486 g/mol. The molecule has 1 atom stereocenters. The van der Waals surface area contributed by atoms with Gasteiger partial charge in [-0.05, 0) is 56.5 Å². The van der Waals surface area contributed by atoms with Crippen molar-refractivity contribution in [2.75, 3.05) is 17.9 Å². The Kier molecular flexibility index (Phi) is 9.10. The summed E-state index contributed by atoms with van der Waals surface area (Å²) in [5, 5.41) is 2.64. The summed E-state index contributed by atoms with van der Waals surface area (Å²) in [5.74, 6) is -0.762. The van der Waals surface area contributed by atoms with E-state index in [4.69, 9.17) is 0 Å². The molecule has 2 amide bonds. The number of carbonyl (C=O) groups excluding carboxylic acids is 2. The molecule has 0 heterocycles. The molecule has 0 aliphatic carbocycles. The van der Waals surface area contributed by atoms with Crippen LogP contribution < -0.4 is 9.62 Å². The van der Waals surface area contributed by atoms with E-state index in [-0.39, 0.29) is 17.3 Å². The summed E-state index contributed by atoms with van der Waals surface area (Å²) in [4.78, 5) is 28.2. The van der Waals surface area contributed by atoms with E-state index in [1.807, 2.05) is 64.1 Å². The minimum Gasteiger partial charge on any atom is -0.357 e. The summed E-state index contributed by atoms with van der Waals surface area (Å²) in [5.41, 5.74) is 4.07. The van der Waals surface area contributed by atoms with Crippen molar-refractivity contribution < 1.29 is 18.0 Å². The number of rotatable bonds is 10. The molecule has 0 fully saturated rings. The third kappa shape index (κ3) is 6.57. The Morgan fingerprint density at radius 1 is 0.892 bits per heavy atom. The number of carbonyl (C=O) groups is 2. The minimum absolute atomic E-state index is 0.0891. The van der Waals surface area contributed by atoms with E-state index >= 15 is 0 Å². The Labute approximate surface area is 220 Å². The van der Waals surface area contributed by atoms with Gasteiger partial charge < -0.3 is 10.2 Å². The number of aryl methyl sites for hydroxylation is 3. The monoisotopic (exact) mass is 521 g/mol. The van der Waals surface area contributed by atoms with Crippen molar-refractivity contribution in [1.29, 1.82) is 0 Å². The number of sulfonamides is 1. The molecule has 8 heteroatoms. The van der Waals surface area contributed by atoms with Crippen LogP contribution in [0.15, 0.2) is 77.7 Å². The van der Waals surface area contributed by atoms with E-state index in [0.717, 1.165) is 26.6 Å². The predicted octanol–water partition coefficient (Wildman–Crippen LogP) is 4.36. The Hall–Kier alpha value is -3.65. The molecule has 0 unspecified atom stereocenters. The molecule has 0 aromatic heterocycles. The van der Waals surface area contributed by atoms with Crippen molar-refractivity contribution in [1.82, 2.24) is 10.2 Å². The molecule has 0 saturated carbocycles. The number of nitrogens with zero attached hydrogens (tertiary/aromatic N) is 2. The number of benzene rings is 3. The molecule has 0 radical (unpaired) electrons. The van der Waals surface area contributed by atoms with Crippen molar-refractivity contribution in [2.45, 2.75) is 51.6 Å². The van der Waals surface area contributed by atoms with Crippen LogP contribution in [0.4, 0.5) is 5.69 Å². The zero-order chi connectivity index (χ0) is 27.2. The van der Waals surface area contributed by atoms with Crippen LogP contribution in [-0.2, 0) is 26.2 Å². The van der Waals surface area contributed by atoms with Crippen LogP contribution in [0.5, 0.6) is 0 Å². The van der Waals surface area contributed by atoms with Crippen LogP contribution in [0.3, 0.4) is 0 Å². The second kappa shape index (κ2) is 12.1. The van der Waals surface area contributed by atoms with Gasteiger partial charge in [-0.15, -0.1) is 0 Å². The zero-order valence-corrected chi connectivity index (χ0v) is 22.9. The maximum Gasteiger partial charge on any atom is 0.264 e. The van der Waals surface area contributed by atoms with Gasteiger partial charge in [0.1, 0.15) is 12.6 Å². The lowest BCUT2D eigenvalue weighted by molar-refractivity contribution is -0.140. The van der Waals surface area contributed by atoms with Crippen molar-refractivity contribution in [3.05, 3.63) is 95.1 Å². The van der Waals surface area contributed by atoms with Crippen molar-refractivity contribution in [3.8, 4) is 0 Å². The van der Waals surface area contributed by atoms with E-state index in [2.05, 4.69) is 5.32 Å². The van der Waals surface area contributed by atoms with Gasteiger partial charge in [-0.2, -0.15) is 0 Å². The Balaban J connectivity index is 2.08. The first kappa shape index (κ1) is 27.9. The second-order valence-corrected chi connectivity index (χ2v) is 11.0. The predicted molar refractivity (Wildman–Crippen MR) is 147 cm³/mol. The molecule has 37 heavy (non-hydrogen) atoms. The molecule has 3 aromatic rings. The fraction of sp³-hybridized carbons (Fsp3) is 0.310. The Bertz CT molecular complexity index is 1340. The lowest BCUT2D eigenvalue weighted by Gasteiger charge is -2.33. The summed E-state index contributed by atoms with van der Waals surface area (Å²) in [7, 11) is -2.54. The highest BCUT2D eigenvalue weighted by Crippen LogP contribution is 2.28. The Morgan fingerprint density at radius 3 is 2.08 bits per heavy atom. The molecule has 7 nitrogen and oxygen atoms in total. The molecular formula is C29H35N3O4S. The van der Waals surface area contributed by atoms with Crippen molar-refractivity contribution in [3.63, 3.8) is 0 Å². The average Bonchev–Trinajstić information content (AvgIpc) is 2.88. The number of amides is 2. The van der Waals surface area contributed by atoms with E-state index in [9.17, 15) is 18.0 Å². The average molecular weight is 522 g/mol. The maximum atomic E-state index is 13.9. The van der Waals surface area contributed by atoms with Gasteiger partial charge in [0.15, 0.2) is 0 Å². The van der Waals surface area contributed by atoms with E-state index in [1.54, 1.807) is 24.3 Å². The molecule has 196 valence electrons. The van der Waals surface area contributed by atoms with E-state index in [0.29, 0.717) is 12.1 Å². The molecule has 0 saturated heterocycles. The minimum atomic E-state index is -4.07. The van der Waals surface area contributed by atoms with Crippen LogP contribution >= 0.6 is 0 Å². The summed E-state index contributed by atoms with van der Waals surface area (Å²) < 4.78 is 28.8. The largest absolute Gasteiger partial charge is 0.357 e. The third-order valence-corrected chi connectivity index (χ3v) is 8.11. The van der Waals surface area contributed by atoms with Gasteiger partial charge in [0.25, 0.3) is 10.0 Å². The fourth-order valence-corrected chi connectivity index (χ4v) is 5.79. The number of anilines is 1. The highest BCUT2D eigenvalue weighted by atomic mass is 32.2. The van der Waals surface area contributed by atoms with Crippen LogP contribution in [0.1, 0.15) is 35.6 Å². The summed E-state index contributed by atoms with van der Waals surface area (Å²) in [6.45, 7) is 7.29. The molecule has 0 spiro atoms. The highest BCUT2D eigenvalue weighted by Gasteiger charge is 2.33. The molecule has 0 aliphatic rings. The topological polar surface area (TPSA) is 86.8 Å². The first-order valence-corrected chi connectivity index (χ1v) is 13.7. The molecule has 3 rings (SSSR count). The van der Waals surface area contributed by atoms with E-state index < -0.39 is 28.5 Å². The van der Waals surface area contributed by atoms with E-state index in [1.165, 1.54) is 24.1 Å². The van der Waals surface area contributed by atoms with Crippen molar-refractivity contribution in [2.24, 2.45) is 0 Å². The normalized spacial score (nSPS) is 12.0. The third-order valence-electron chi connectivity index (χ3n) is 6.34. The lowest BCUT2D eigenvalue weighted by atomic mass is 10.1. The highest BCUT2D eigenvalue weighted by molar-refractivity contribution is 7.92. The van der Waals surface area contributed by atoms with Gasteiger partial charge in [0.05, 0.1) is 10.6 Å².